The van der Waals surface area contributed by atoms with Crippen molar-refractivity contribution in [3.05, 3.63) is 10.4 Å². The lowest BCUT2D eigenvalue weighted by molar-refractivity contribution is 0.0533. The standard InChI is InChI=1S/C13H24N4/c1-2-3-8-17-9-4-5-11-6-7-12(15-16-14)10-13(11)17/h11-13H,2-10H2,1H3/t11-,12+,13-/m0/s1. The molecular weight excluding hydrogens is 212 g/mol. The first-order chi connectivity index (χ1) is 8.35. The van der Waals surface area contributed by atoms with Crippen molar-refractivity contribution in [2.75, 3.05) is 13.1 Å². The second kappa shape index (κ2) is 6.27. The Bertz CT molecular complexity index is 285. The first kappa shape index (κ1) is 12.7. The zero-order chi connectivity index (χ0) is 12.1. The number of likely N-dealkylation sites (tertiary alicyclic amines) is 1. The molecule has 0 aromatic rings. The molecule has 1 aliphatic heterocycles. The predicted molar refractivity (Wildman–Crippen MR) is 69.8 cm³/mol. The van der Waals surface area contributed by atoms with Crippen LogP contribution in [0.3, 0.4) is 0 Å². The number of nitrogens with zero attached hydrogens (tertiary/aromatic N) is 4. The molecule has 1 saturated heterocycles. The highest BCUT2D eigenvalue weighted by molar-refractivity contribution is 4.92. The van der Waals surface area contributed by atoms with Crippen LogP contribution in [0.2, 0.25) is 0 Å². The molecule has 3 atom stereocenters. The van der Waals surface area contributed by atoms with Crippen molar-refractivity contribution in [1.82, 2.24) is 4.90 Å². The lowest BCUT2D eigenvalue weighted by atomic mass is 9.76. The van der Waals surface area contributed by atoms with E-state index in [-0.39, 0.29) is 6.04 Å². The summed E-state index contributed by atoms with van der Waals surface area (Å²) in [5.74, 6) is 0.866. The van der Waals surface area contributed by atoms with Crippen LogP contribution in [0, 0.1) is 5.92 Å². The Morgan fingerprint density at radius 2 is 2.24 bits per heavy atom. The van der Waals surface area contributed by atoms with E-state index in [1.165, 1.54) is 45.2 Å². The Labute approximate surface area is 104 Å². The zero-order valence-electron chi connectivity index (χ0n) is 10.9. The van der Waals surface area contributed by atoms with Gasteiger partial charge in [0.15, 0.2) is 0 Å². The van der Waals surface area contributed by atoms with Gasteiger partial charge in [-0.15, -0.1) is 0 Å². The molecule has 4 heteroatoms. The maximum atomic E-state index is 8.57. The smallest absolute Gasteiger partial charge is 0.0389 e. The highest BCUT2D eigenvalue weighted by Gasteiger charge is 2.35. The molecule has 0 radical (unpaired) electrons. The summed E-state index contributed by atoms with van der Waals surface area (Å²) >= 11 is 0. The first-order valence-corrected chi connectivity index (χ1v) is 7.13. The van der Waals surface area contributed by atoms with Gasteiger partial charge in [0.05, 0.1) is 0 Å². The van der Waals surface area contributed by atoms with E-state index in [9.17, 15) is 0 Å². The van der Waals surface area contributed by atoms with Gasteiger partial charge >= 0.3 is 0 Å². The van der Waals surface area contributed by atoms with Crippen molar-refractivity contribution in [2.45, 2.75) is 64.0 Å². The predicted octanol–water partition coefficient (Wildman–Crippen LogP) is 3.73. The maximum Gasteiger partial charge on any atom is 0.0389 e. The summed E-state index contributed by atoms with van der Waals surface area (Å²) in [6.45, 7) is 4.75. The fourth-order valence-corrected chi connectivity index (χ4v) is 3.51. The van der Waals surface area contributed by atoms with E-state index in [0.717, 1.165) is 18.8 Å². The number of unbranched alkanes of at least 4 members (excludes halogenated alkanes) is 1. The molecule has 0 aromatic heterocycles. The van der Waals surface area contributed by atoms with E-state index in [0.29, 0.717) is 6.04 Å². The topological polar surface area (TPSA) is 52.0 Å². The van der Waals surface area contributed by atoms with Gasteiger partial charge in [-0.05, 0) is 63.1 Å². The number of hydrogen-bond acceptors (Lipinski definition) is 2. The Morgan fingerprint density at radius 1 is 1.35 bits per heavy atom. The number of fused-ring (bicyclic) bond motifs is 1. The Morgan fingerprint density at radius 3 is 3.00 bits per heavy atom. The minimum atomic E-state index is 0.253. The highest BCUT2D eigenvalue weighted by Crippen LogP contribution is 2.36. The third-order valence-electron chi connectivity index (χ3n) is 4.43. The average Bonchev–Trinajstić information content (AvgIpc) is 2.36. The fraction of sp³-hybridized carbons (Fsp3) is 1.00. The largest absolute Gasteiger partial charge is 0.300 e. The molecular formula is C13H24N4. The van der Waals surface area contributed by atoms with Crippen molar-refractivity contribution in [2.24, 2.45) is 11.0 Å². The lowest BCUT2D eigenvalue weighted by Gasteiger charge is -2.45. The number of azide groups is 1. The van der Waals surface area contributed by atoms with Crippen LogP contribution < -0.4 is 0 Å². The van der Waals surface area contributed by atoms with Crippen LogP contribution in [0.25, 0.3) is 10.4 Å². The minimum absolute atomic E-state index is 0.253. The molecule has 96 valence electrons. The fourth-order valence-electron chi connectivity index (χ4n) is 3.51. The van der Waals surface area contributed by atoms with Gasteiger partial charge in [0, 0.05) is 17.0 Å². The van der Waals surface area contributed by atoms with Gasteiger partial charge in [0.2, 0.25) is 0 Å². The molecule has 17 heavy (non-hydrogen) atoms. The SMILES string of the molecule is CCCCN1CCC[C@H]2CC[C@@H](N=[N+]=[N-])C[C@@H]21. The van der Waals surface area contributed by atoms with Crippen molar-refractivity contribution in [3.8, 4) is 0 Å². The lowest BCUT2D eigenvalue weighted by Crippen LogP contribution is -2.49. The van der Waals surface area contributed by atoms with Crippen LogP contribution in [0.4, 0.5) is 0 Å². The molecule has 0 N–H and O–H groups in total. The third kappa shape index (κ3) is 3.14. The molecule has 4 nitrogen and oxygen atoms in total. The van der Waals surface area contributed by atoms with Gasteiger partial charge < -0.3 is 4.90 Å². The summed E-state index contributed by atoms with van der Waals surface area (Å²) in [4.78, 5) is 5.65. The van der Waals surface area contributed by atoms with Crippen LogP contribution >= 0.6 is 0 Å². The van der Waals surface area contributed by atoms with Crippen LogP contribution in [-0.2, 0) is 0 Å². The van der Waals surface area contributed by atoms with Crippen LogP contribution in [0.5, 0.6) is 0 Å². The summed E-state index contributed by atoms with van der Waals surface area (Å²) in [5.41, 5.74) is 8.57. The van der Waals surface area contributed by atoms with E-state index in [1.807, 2.05) is 0 Å². The monoisotopic (exact) mass is 236 g/mol. The van der Waals surface area contributed by atoms with E-state index >= 15 is 0 Å². The molecule has 1 aliphatic carbocycles. The molecule has 1 saturated carbocycles. The van der Waals surface area contributed by atoms with E-state index in [4.69, 9.17) is 5.53 Å². The summed E-state index contributed by atoms with van der Waals surface area (Å²) < 4.78 is 0. The van der Waals surface area contributed by atoms with Crippen molar-refractivity contribution < 1.29 is 0 Å². The normalized spacial score (nSPS) is 33.8. The van der Waals surface area contributed by atoms with Gasteiger partial charge in [-0.2, -0.15) is 0 Å². The highest BCUT2D eigenvalue weighted by atomic mass is 15.2. The molecule has 2 aliphatic rings. The molecule has 0 unspecified atom stereocenters. The van der Waals surface area contributed by atoms with E-state index < -0.39 is 0 Å². The summed E-state index contributed by atoms with van der Waals surface area (Å²) in [5, 5.41) is 3.94. The van der Waals surface area contributed by atoms with Gasteiger partial charge in [-0.25, -0.2) is 0 Å². The van der Waals surface area contributed by atoms with Gasteiger partial charge in [0.25, 0.3) is 0 Å². The molecule has 1 heterocycles. The van der Waals surface area contributed by atoms with Crippen molar-refractivity contribution in [3.63, 3.8) is 0 Å². The summed E-state index contributed by atoms with van der Waals surface area (Å²) in [7, 11) is 0. The van der Waals surface area contributed by atoms with Crippen molar-refractivity contribution in [1.29, 1.82) is 0 Å². The van der Waals surface area contributed by atoms with Gasteiger partial charge in [-0.1, -0.05) is 18.5 Å². The molecule has 2 fully saturated rings. The second-order valence-corrected chi connectivity index (χ2v) is 5.53. The Hall–Kier alpha value is -0.730. The van der Waals surface area contributed by atoms with E-state index in [1.54, 1.807) is 0 Å². The van der Waals surface area contributed by atoms with E-state index in [2.05, 4.69) is 21.8 Å². The first-order valence-electron chi connectivity index (χ1n) is 7.13. The van der Waals surface area contributed by atoms with Crippen LogP contribution in [0.15, 0.2) is 5.11 Å². The number of hydrogen-bond donors (Lipinski definition) is 0. The third-order valence-corrected chi connectivity index (χ3v) is 4.43. The van der Waals surface area contributed by atoms with Crippen LogP contribution in [0.1, 0.15) is 51.9 Å². The zero-order valence-corrected chi connectivity index (χ0v) is 10.9. The molecule has 2 rings (SSSR count). The minimum Gasteiger partial charge on any atom is -0.300 e. The maximum absolute atomic E-state index is 8.57. The quantitative estimate of drug-likeness (QED) is 0.417. The summed E-state index contributed by atoms with van der Waals surface area (Å²) in [6.07, 6.45) is 8.78. The Kier molecular flexibility index (Phi) is 4.69. The second-order valence-electron chi connectivity index (χ2n) is 5.53. The molecule has 0 amide bonds. The van der Waals surface area contributed by atoms with Crippen LogP contribution in [-0.4, -0.2) is 30.1 Å². The number of rotatable bonds is 4. The average molecular weight is 236 g/mol. The molecule has 0 spiro atoms. The van der Waals surface area contributed by atoms with Crippen molar-refractivity contribution >= 4 is 0 Å². The number of piperidine rings is 1. The summed E-state index contributed by atoms with van der Waals surface area (Å²) in [6, 6.07) is 0.947. The van der Waals surface area contributed by atoms with Gasteiger partial charge in [-0.3, -0.25) is 0 Å². The molecule has 0 aromatic carbocycles. The van der Waals surface area contributed by atoms with Gasteiger partial charge in [0.1, 0.15) is 0 Å². The molecule has 0 bridgehead atoms. The Balaban J connectivity index is 1.96.